The fraction of sp³-hybridized carbons (Fsp3) is 0. The van der Waals surface area contributed by atoms with Crippen LogP contribution in [0.5, 0.6) is 0 Å². The maximum atomic E-state index is 9.82. The van der Waals surface area contributed by atoms with Gasteiger partial charge < -0.3 is 0 Å². The van der Waals surface area contributed by atoms with E-state index in [1.807, 2.05) is 0 Å². The van der Waals surface area contributed by atoms with Gasteiger partial charge in [-0.3, -0.25) is 9.59 Å². The highest BCUT2D eigenvalue weighted by atomic mass is 16.2. The van der Waals surface area contributed by atoms with Gasteiger partial charge in [0.15, 0.2) is 0 Å². The number of nitrogens with two attached hydrogens (primary N) is 2. The number of hydrazine groups is 2. The molecule has 0 aliphatic carbocycles. The Labute approximate surface area is 39.8 Å². The first-order chi connectivity index (χ1) is 3.18. The molecule has 0 fully saturated rings. The zero-order valence-corrected chi connectivity index (χ0v) is 3.50. The van der Waals surface area contributed by atoms with Crippen molar-refractivity contribution < 1.29 is 9.59 Å². The van der Waals surface area contributed by atoms with E-state index in [0.29, 0.717) is 0 Å². The van der Waals surface area contributed by atoms with Gasteiger partial charge in [0.2, 0.25) is 6.29 Å². The Hall–Kier alpha value is -0.940. The Balaban J connectivity index is 3.56. The molecular weight excluding hydrogens is 98.0 g/mol. The number of nitrogens with zero attached hydrogens (tertiary/aromatic N) is 1. The molecule has 0 aromatic carbocycles. The lowest BCUT2D eigenvalue weighted by Crippen LogP contribution is -2.43. The molecule has 0 heterocycles. The number of amides is 1. The van der Waals surface area contributed by atoms with Crippen LogP contribution in [0.1, 0.15) is 0 Å². The van der Waals surface area contributed by atoms with E-state index in [-0.39, 0.29) is 11.4 Å². The fourth-order valence-corrected chi connectivity index (χ4v) is 0.0609. The zero-order valence-electron chi connectivity index (χ0n) is 3.50. The highest BCUT2D eigenvalue weighted by molar-refractivity contribution is 6.23. The summed E-state index contributed by atoms with van der Waals surface area (Å²) in [5.74, 6) is 8.21. The Bertz CT molecular complexity index is 88.9. The van der Waals surface area contributed by atoms with Crippen LogP contribution in [0.4, 0.5) is 0 Å². The molecule has 0 bridgehead atoms. The summed E-state index contributed by atoms with van der Waals surface area (Å²) >= 11 is 0. The number of carbonyl (C=O) groups excluding carboxylic acids is 2. The van der Waals surface area contributed by atoms with Crippen molar-refractivity contribution in [1.82, 2.24) is 5.12 Å². The summed E-state index contributed by atoms with van der Waals surface area (Å²) in [6, 6.07) is 0. The van der Waals surface area contributed by atoms with Crippen molar-refractivity contribution >= 4 is 12.2 Å². The second kappa shape index (κ2) is 2.27. The summed E-state index contributed by atoms with van der Waals surface area (Å²) in [5.41, 5.74) is 0. The van der Waals surface area contributed by atoms with Gasteiger partial charge in [0.1, 0.15) is 0 Å². The summed E-state index contributed by atoms with van der Waals surface area (Å²) in [5, 5.41) is 0.215. The van der Waals surface area contributed by atoms with E-state index in [9.17, 15) is 9.59 Å². The van der Waals surface area contributed by atoms with E-state index >= 15 is 0 Å². The molecular formula is C2H5N3O2. The number of carbonyl (C=O) groups is 2. The molecule has 0 aromatic rings. The minimum absolute atomic E-state index is 0.0278. The number of aldehydes is 1. The largest absolute Gasteiger partial charge is 0.315 e. The standard InChI is InChI=1S/C2H5N3O2/c3-5(4)2(7)1-6/h1H,3-4H2. The first-order valence-electron chi connectivity index (χ1n) is 1.47. The van der Waals surface area contributed by atoms with E-state index in [0.717, 1.165) is 0 Å². The van der Waals surface area contributed by atoms with Crippen LogP contribution < -0.4 is 11.7 Å². The fourth-order valence-electron chi connectivity index (χ4n) is 0.0609. The van der Waals surface area contributed by atoms with Crippen molar-refractivity contribution in [1.29, 1.82) is 0 Å². The molecule has 0 aliphatic rings. The summed E-state index contributed by atoms with van der Waals surface area (Å²) in [4.78, 5) is 19.2. The summed E-state index contributed by atoms with van der Waals surface area (Å²) in [7, 11) is 0. The van der Waals surface area contributed by atoms with Crippen LogP contribution in [-0.4, -0.2) is 17.3 Å². The van der Waals surface area contributed by atoms with Crippen molar-refractivity contribution in [3.05, 3.63) is 0 Å². The van der Waals surface area contributed by atoms with E-state index in [4.69, 9.17) is 0 Å². The van der Waals surface area contributed by atoms with E-state index < -0.39 is 5.91 Å². The highest BCUT2D eigenvalue weighted by Crippen LogP contribution is 1.57. The summed E-state index contributed by atoms with van der Waals surface area (Å²) < 4.78 is 0. The molecule has 0 rings (SSSR count). The van der Waals surface area contributed by atoms with E-state index in [1.54, 1.807) is 0 Å². The van der Waals surface area contributed by atoms with Gasteiger partial charge in [-0.2, -0.15) is 0 Å². The van der Waals surface area contributed by atoms with Crippen molar-refractivity contribution in [3.63, 3.8) is 0 Å². The van der Waals surface area contributed by atoms with Crippen molar-refractivity contribution in [2.24, 2.45) is 11.7 Å². The number of rotatable bonds is 1. The van der Waals surface area contributed by atoms with Crippen LogP contribution in [0.25, 0.3) is 0 Å². The third-order valence-electron chi connectivity index (χ3n) is 0.355. The minimum atomic E-state index is -0.944. The van der Waals surface area contributed by atoms with Gasteiger partial charge in [0.25, 0.3) is 0 Å². The lowest BCUT2D eigenvalue weighted by Gasteiger charge is -2.00. The predicted octanol–water partition coefficient (Wildman–Crippen LogP) is -2.24. The lowest BCUT2D eigenvalue weighted by molar-refractivity contribution is -0.139. The molecule has 5 nitrogen and oxygen atoms in total. The van der Waals surface area contributed by atoms with Gasteiger partial charge in [-0.1, -0.05) is 0 Å². The van der Waals surface area contributed by atoms with Crippen LogP contribution in [0.3, 0.4) is 0 Å². The van der Waals surface area contributed by atoms with Gasteiger partial charge in [0.05, 0.1) is 0 Å². The molecule has 0 unspecified atom stereocenters. The molecule has 0 radical (unpaired) electrons. The van der Waals surface area contributed by atoms with Crippen molar-refractivity contribution in [2.75, 3.05) is 0 Å². The van der Waals surface area contributed by atoms with Crippen LogP contribution in [0.15, 0.2) is 0 Å². The average molecular weight is 103 g/mol. The first-order valence-corrected chi connectivity index (χ1v) is 1.47. The number of hydrogen-bond donors (Lipinski definition) is 2. The molecule has 0 aliphatic heterocycles. The Morgan fingerprint density at radius 3 is 2.00 bits per heavy atom. The molecule has 7 heavy (non-hydrogen) atoms. The minimum Gasteiger partial charge on any atom is -0.292 e. The van der Waals surface area contributed by atoms with E-state index in [2.05, 4.69) is 11.7 Å². The molecule has 0 saturated heterocycles. The third-order valence-corrected chi connectivity index (χ3v) is 0.355. The maximum Gasteiger partial charge on any atom is 0.315 e. The van der Waals surface area contributed by atoms with Gasteiger partial charge in [0, 0.05) is 0 Å². The third kappa shape index (κ3) is 1.85. The molecule has 0 saturated carbocycles. The van der Waals surface area contributed by atoms with Crippen LogP contribution in [0, 0.1) is 0 Å². The van der Waals surface area contributed by atoms with Crippen LogP contribution in [0.2, 0.25) is 0 Å². The second-order valence-electron chi connectivity index (χ2n) is 0.863. The molecule has 4 N–H and O–H groups in total. The Morgan fingerprint density at radius 1 is 1.57 bits per heavy atom. The zero-order chi connectivity index (χ0) is 5.86. The van der Waals surface area contributed by atoms with Crippen molar-refractivity contribution in [2.45, 2.75) is 0 Å². The van der Waals surface area contributed by atoms with Gasteiger partial charge in [-0.05, 0) is 0 Å². The number of hydrogen-bond acceptors (Lipinski definition) is 4. The van der Waals surface area contributed by atoms with Gasteiger partial charge in [-0.15, -0.1) is 0 Å². The molecule has 0 atom stereocenters. The Morgan fingerprint density at radius 2 is 2.00 bits per heavy atom. The Kier molecular flexibility index (Phi) is 1.97. The van der Waals surface area contributed by atoms with Gasteiger partial charge in [-0.25, -0.2) is 16.8 Å². The van der Waals surface area contributed by atoms with E-state index in [1.165, 1.54) is 0 Å². The molecule has 1 amide bonds. The van der Waals surface area contributed by atoms with Crippen LogP contribution >= 0.6 is 0 Å². The molecule has 0 spiro atoms. The average Bonchev–Trinajstić information content (AvgIpc) is 1.65. The second-order valence-corrected chi connectivity index (χ2v) is 0.863. The van der Waals surface area contributed by atoms with Crippen LogP contribution in [-0.2, 0) is 9.59 Å². The predicted molar refractivity (Wildman–Crippen MR) is 21.3 cm³/mol. The molecule has 40 valence electrons. The molecule has 5 heteroatoms. The topological polar surface area (TPSA) is 89.4 Å². The molecule has 0 aromatic heterocycles. The smallest absolute Gasteiger partial charge is 0.292 e. The monoisotopic (exact) mass is 103 g/mol. The summed E-state index contributed by atoms with van der Waals surface area (Å²) in [6.07, 6.45) is 0.0278. The summed E-state index contributed by atoms with van der Waals surface area (Å²) in [6.45, 7) is 0. The first kappa shape index (κ1) is 6.06. The maximum absolute atomic E-state index is 9.82. The highest BCUT2D eigenvalue weighted by Gasteiger charge is 1.98. The lowest BCUT2D eigenvalue weighted by atomic mass is 10.7. The quantitative estimate of drug-likeness (QED) is 0.129. The SMILES string of the molecule is NN(N)C(=O)C=O. The van der Waals surface area contributed by atoms with Crippen molar-refractivity contribution in [3.8, 4) is 0 Å². The normalized spacial score (nSPS) is 7.71. The van der Waals surface area contributed by atoms with Gasteiger partial charge >= 0.3 is 5.91 Å².